The summed E-state index contributed by atoms with van der Waals surface area (Å²) in [4.78, 5) is 23.8. The molecule has 1 aliphatic rings. The minimum atomic E-state index is -0.273. The average molecular weight is 280 g/mol. The molecule has 20 heavy (non-hydrogen) atoms. The lowest BCUT2D eigenvalue weighted by Gasteiger charge is -2.18. The number of nitrogens with one attached hydrogen (secondary N) is 1. The Kier molecular flexibility index (Phi) is 4.92. The zero-order valence-corrected chi connectivity index (χ0v) is 11.8. The zero-order valence-electron chi connectivity index (χ0n) is 11.8. The van der Waals surface area contributed by atoms with Gasteiger partial charge in [-0.3, -0.25) is 9.59 Å². The number of rotatable bonds is 5. The Labute approximate surface area is 117 Å². The Balaban J connectivity index is 2.04. The number of carbonyl (C=O) groups excluding carboxylic acids is 1. The molecule has 0 spiro atoms. The van der Waals surface area contributed by atoms with Crippen molar-refractivity contribution in [2.45, 2.75) is 32.5 Å². The lowest BCUT2D eigenvalue weighted by atomic mass is 10.2. The molecule has 2 heterocycles. The Morgan fingerprint density at radius 2 is 2.30 bits per heavy atom. The Hall–Kier alpha value is -1.66. The van der Waals surface area contributed by atoms with Crippen LogP contribution in [0.15, 0.2) is 23.1 Å². The highest BCUT2D eigenvalue weighted by molar-refractivity contribution is 5.94. The quantitative estimate of drug-likeness (QED) is 0.847. The molecule has 6 heteroatoms. The summed E-state index contributed by atoms with van der Waals surface area (Å²) in [6.45, 7) is 5.86. The van der Waals surface area contributed by atoms with E-state index in [0.29, 0.717) is 31.9 Å². The van der Waals surface area contributed by atoms with Crippen molar-refractivity contribution in [3.05, 3.63) is 34.2 Å². The number of nitrogens with zero attached hydrogens (tertiary/aromatic N) is 1. The van der Waals surface area contributed by atoms with Gasteiger partial charge in [0.15, 0.2) is 0 Å². The van der Waals surface area contributed by atoms with Crippen LogP contribution in [0.25, 0.3) is 0 Å². The van der Waals surface area contributed by atoms with Crippen LogP contribution in [0.4, 0.5) is 0 Å². The van der Waals surface area contributed by atoms with Gasteiger partial charge >= 0.3 is 0 Å². The van der Waals surface area contributed by atoms with E-state index in [2.05, 4.69) is 5.32 Å². The number of hydrogen-bond donors (Lipinski definition) is 1. The van der Waals surface area contributed by atoms with E-state index >= 15 is 0 Å². The van der Waals surface area contributed by atoms with E-state index in [9.17, 15) is 9.59 Å². The molecule has 0 saturated carbocycles. The SMILES string of the molecule is CCO[C@H]1COC[C@@H]1NC(=O)c1ccn(CC)c(=O)c1. The smallest absolute Gasteiger partial charge is 0.251 e. The van der Waals surface area contributed by atoms with Crippen LogP contribution in [0.1, 0.15) is 24.2 Å². The van der Waals surface area contributed by atoms with Gasteiger partial charge in [0.25, 0.3) is 11.5 Å². The largest absolute Gasteiger partial charge is 0.376 e. The van der Waals surface area contributed by atoms with E-state index in [0.717, 1.165) is 0 Å². The monoisotopic (exact) mass is 280 g/mol. The molecule has 1 fully saturated rings. The van der Waals surface area contributed by atoms with Gasteiger partial charge in [0.2, 0.25) is 0 Å². The number of ether oxygens (including phenoxy) is 2. The number of aromatic nitrogens is 1. The second kappa shape index (κ2) is 6.67. The van der Waals surface area contributed by atoms with Gasteiger partial charge < -0.3 is 19.4 Å². The van der Waals surface area contributed by atoms with Gasteiger partial charge in [-0.1, -0.05) is 0 Å². The van der Waals surface area contributed by atoms with E-state index < -0.39 is 0 Å². The number of pyridine rings is 1. The van der Waals surface area contributed by atoms with Crippen molar-refractivity contribution in [2.75, 3.05) is 19.8 Å². The third kappa shape index (κ3) is 3.26. The number of carbonyl (C=O) groups is 1. The van der Waals surface area contributed by atoms with E-state index in [1.807, 2.05) is 13.8 Å². The highest BCUT2D eigenvalue weighted by atomic mass is 16.5. The molecule has 0 bridgehead atoms. The van der Waals surface area contributed by atoms with Crippen molar-refractivity contribution in [1.29, 1.82) is 0 Å². The second-order valence-electron chi connectivity index (χ2n) is 4.65. The number of amides is 1. The second-order valence-corrected chi connectivity index (χ2v) is 4.65. The van der Waals surface area contributed by atoms with E-state index in [1.165, 1.54) is 6.07 Å². The van der Waals surface area contributed by atoms with Crippen LogP contribution in [0.5, 0.6) is 0 Å². The van der Waals surface area contributed by atoms with Gasteiger partial charge in [0, 0.05) is 31.0 Å². The predicted molar refractivity (Wildman–Crippen MR) is 73.9 cm³/mol. The van der Waals surface area contributed by atoms with Gasteiger partial charge in [-0.05, 0) is 19.9 Å². The maximum absolute atomic E-state index is 12.1. The topological polar surface area (TPSA) is 69.6 Å². The summed E-state index contributed by atoms with van der Waals surface area (Å²) in [6, 6.07) is 2.83. The van der Waals surface area contributed by atoms with Crippen molar-refractivity contribution in [2.24, 2.45) is 0 Å². The van der Waals surface area contributed by atoms with E-state index in [4.69, 9.17) is 9.47 Å². The fourth-order valence-corrected chi connectivity index (χ4v) is 2.21. The molecular weight excluding hydrogens is 260 g/mol. The van der Waals surface area contributed by atoms with Crippen LogP contribution in [0.2, 0.25) is 0 Å². The minimum absolute atomic E-state index is 0.125. The van der Waals surface area contributed by atoms with Gasteiger partial charge in [0.1, 0.15) is 6.10 Å². The Morgan fingerprint density at radius 3 is 2.95 bits per heavy atom. The predicted octanol–water partition coefficient (Wildman–Crippen LogP) is 0.402. The lowest BCUT2D eigenvalue weighted by Crippen LogP contribution is -2.44. The van der Waals surface area contributed by atoms with Crippen molar-refractivity contribution in [1.82, 2.24) is 9.88 Å². The Bertz CT molecular complexity index is 526. The number of hydrogen-bond acceptors (Lipinski definition) is 4. The van der Waals surface area contributed by atoms with Crippen LogP contribution in [-0.4, -0.2) is 42.4 Å². The third-order valence-corrected chi connectivity index (χ3v) is 3.32. The van der Waals surface area contributed by atoms with Crippen molar-refractivity contribution in [3.8, 4) is 0 Å². The molecule has 1 aromatic rings. The summed E-state index contributed by atoms with van der Waals surface area (Å²) < 4.78 is 12.4. The van der Waals surface area contributed by atoms with Crippen LogP contribution in [0.3, 0.4) is 0 Å². The van der Waals surface area contributed by atoms with Crippen LogP contribution in [0, 0.1) is 0 Å². The maximum atomic E-state index is 12.1. The Morgan fingerprint density at radius 1 is 1.50 bits per heavy atom. The normalized spacial score (nSPS) is 21.9. The summed E-state index contributed by atoms with van der Waals surface area (Å²) in [5.41, 5.74) is 0.186. The highest BCUT2D eigenvalue weighted by Gasteiger charge is 2.30. The van der Waals surface area contributed by atoms with Crippen LogP contribution >= 0.6 is 0 Å². The molecule has 2 atom stereocenters. The molecule has 1 aromatic heterocycles. The van der Waals surface area contributed by atoms with E-state index in [-0.39, 0.29) is 23.6 Å². The summed E-state index contributed by atoms with van der Waals surface area (Å²) in [7, 11) is 0. The molecule has 110 valence electrons. The van der Waals surface area contributed by atoms with Crippen LogP contribution < -0.4 is 10.9 Å². The molecular formula is C14H20N2O4. The summed E-state index contributed by atoms with van der Waals surface area (Å²) >= 11 is 0. The molecule has 0 unspecified atom stereocenters. The van der Waals surface area contributed by atoms with Crippen molar-refractivity contribution in [3.63, 3.8) is 0 Å². The van der Waals surface area contributed by atoms with Gasteiger partial charge in [-0.2, -0.15) is 0 Å². The van der Waals surface area contributed by atoms with Gasteiger partial charge in [-0.25, -0.2) is 0 Å². The highest BCUT2D eigenvalue weighted by Crippen LogP contribution is 2.10. The average Bonchev–Trinajstić information content (AvgIpc) is 2.86. The molecule has 1 saturated heterocycles. The fourth-order valence-electron chi connectivity index (χ4n) is 2.21. The first-order chi connectivity index (χ1) is 9.65. The molecule has 0 aliphatic carbocycles. The first-order valence-electron chi connectivity index (χ1n) is 6.86. The molecule has 1 aliphatic heterocycles. The molecule has 1 amide bonds. The third-order valence-electron chi connectivity index (χ3n) is 3.32. The van der Waals surface area contributed by atoms with Crippen molar-refractivity contribution < 1.29 is 14.3 Å². The number of aryl methyl sites for hydroxylation is 1. The summed E-state index contributed by atoms with van der Waals surface area (Å²) in [5, 5.41) is 2.86. The van der Waals surface area contributed by atoms with Gasteiger partial charge in [-0.15, -0.1) is 0 Å². The molecule has 1 N–H and O–H groups in total. The lowest BCUT2D eigenvalue weighted by molar-refractivity contribution is 0.0402. The summed E-state index contributed by atoms with van der Waals surface area (Å²) in [5.74, 6) is -0.273. The molecule has 2 rings (SSSR count). The first-order valence-corrected chi connectivity index (χ1v) is 6.86. The standard InChI is InChI=1S/C14H20N2O4/c1-3-16-6-5-10(7-13(16)17)14(18)15-11-8-19-9-12(11)20-4-2/h5-7,11-12H,3-4,8-9H2,1-2H3,(H,15,18)/t11-,12-/m0/s1. The molecule has 0 aromatic carbocycles. The summed E-state index contributed by atoms with van der Waals surface area (Å²) in [6.07, 6.45) is 1.50. The maximum Gasteiger partial charge on any atom is 0.251 e. The minimum Gasteiger partial charge on any atom is -0.376 e. The molecule has 6 nitrogen and oxygen atoms in total. The van der Waals surface area contributed by atoms with Gasteiger partial charge in [0.05, 0.1) is 19.3 Å². The van der Waals surface area contributed by atoms with Crippen LogP contribution in [-0.2, 0) is 16.0 Å². The van der Waals surface area contributed by atoms with Crippen molar-refractivity contribution >= 4 is 5.91 Å². The zero-order chi connectivity index (χ0) is 14.5. The van der Waals surface area contributed by atoms with E-state index in [1.54, 1.807) is 16.8 Å². The first kappa shape index (κ1) is 14.7. The molecule has 0 radical (unpaired) electrons. The fraction of sp³-hybridized carbons (Fsp3) is 0.571.